The van der Waals surface area contributed by atoms with E-state index in [9.17, 15) is 18.4 Å². The Morgan fingerprint density at radius 1 is 0.931 bits per heavy atom. The number of aromatic nitrogens is 1. The molecule has 4 N–H and O–H groups in total. The lowest BCUT2D eigenvalue weighted by Gasteiger charge is -2.10. The molecule has 0 fully saturated rings. The van der Waals surface area contributed by atoms with Crippen LogP contribution in [0.2, 0.25) is 0 Å². The molecule has 0 saturated carbocycles. The van der Waals surface area contributed by atoms with Crippen molar-refractivity contribution < 1.29 is 23.1 Å². The highest BCUT2D eigenvalue weighted by Gasteiger charge is 2.12. The Morgan fingerprint density at radius 2 is 1.59 bits per heavy atom. The molecule has 3 aromatic rings. The topological polar surface area (TPSA) is 106 Å². The predicted molar refractivity (Wildman–Crippen MR) is 103 cm³/mol. The fourth-order valence-electron chi connectivity index (χ4n) is 2.37. The van der Waals surface area contributed by atoms with Crippen molar-refractivity contribution in [2.45, 2.75) is 6.42 Å². The molecule has 0 atom stereocenters. The fraction of sp³-hybridized carbons (Fsp3) is 0.0500. The van der Waals surface area contributed by atoms with Gasteiger partial charge in [-0.1, -0.05) is 0 Å². The van der Waals surface area contributed by atoms with Gasteiger partial charge in [0, 0.05) is 29.7 Å². The van der Waals surface area contributed by atoms with Gasteiger partial charge in [-0.3, -0.25) is 9.59 Å². The minimum atomic E-state index is -0.714. The van der Waals surface area contributed by atoms with Gasteiger partial charge in [0.1, 0.15) is 23.8 Å². The van der Waals surface area contributed by atoms with Crippen molar-refractivity contribution in [2.24, 2.45) is 0 Å². The second-order valence-electron chi connectivity index (χ2n) is 5.94. The molecule has 0 aliphatic rings. The summed E-state index contributed by atoms with van der Waals surface area (Å²) < 4.78 is 32.5. The fourth-order valence-corrected chi connectivity index (χ4v) is 2.37. The number of nitrogen functional groups attached to an aromatic ring is 1. The van der Waals surface area contributed by atoms with E-state index in [2.05, 4.69) is 15.6 Å². The van der Waals surface area contributed by atoms with Gasteiger partial charge in [0.15, 0.2) is 11.6 Å². The number of carbonyl (C=O) groups excluding carboxylic acids is 2. The summed E-state index contributed by atoms with van der Waals surface area (Å²) in [6.45, 7) is 0. The Labute approximate surface area is 164 Å². The van der Waals surface area contributed by atoms with E-state index < -0.39 is 29.9 Å². The predicted octanol–water partition coefficient (Wildman–Crippen LogP) is 3.70. The number of nitrogens with two attached hydrogens (primary N) is 1. The highest BCUT2D eigenvalue weighted by molar-refractivity contribution is 6.08. The Bertz CT molecular complexity index is 1040. The van der Waals surface area contributed by atoms with E-state index in [1.54, 1.807) is 0 Å². The number of nitrogens with zero attached hydrogens (tertiary/aromatic N) is 1. The van der Waals surface area contributed by atoms with Gasteiger partial charge in [-0.2, -0.15) is 0 Å². The summed E-state index contributed by atoms with van der Waals surface area (Å²) in [4.78, 5) is 27.7. The quantitative estimate of drug-likeness (QED) is 0.549. The molecule has 3 rings (SSSR count). The molecule has 2 amide bonds. The first-order valence-corrected chi connectivity index (χ1v) is 8.43. The van der Waals surface area contributed by atoms with Crippen molar-refractivity contribution in [1.82, 2.24) is 4.98 Å². The Morgan fingerprint density at radius 3 is 2.24 bits per heavy atom. The van der Waals surface area contributed by atoms with E-state index in [0.717, 1.165) is 6.07 Å². The van der Waals surface area contributed by atoms with Gasteiger partial charge in [0.2, 0.25) is 11.8 Å². The third kappa shape index (κ3) is 5.73. The lowest BCUT2D eigenvalue weighted by Crippen LogP contribution is -2.21. The second kappa shape index (κ2) is 8.79. The molecule has 0 saturated heterocycles. The van der Waals surface area contributed by atoms with Crippen molar-refractivity contribution in [2.75, 3.05) is 16.4 Å². The number of nitrogens with one attached hydrogen (secondary N) is 2. The normalized spacial score (nSPS) is 10.3. The first-order chi connectivity index (χ1) is 13.9. The van der Waals surface area contributed by atoms with Crippen LogP contribution >= 0.6 is 0 Å². The van der Waals surface area contributed by atoms with Gasteiger partial charge in [-0.05, 0) is 42.5 Å². The molecule has 1 heterocycles. The third-order valence-electron chi connectivity index (χ3n) is 3.65. The minimum Gasteiger partial charge on any atom is -0.454 e. The zero-order valence-corrected chi connectivity index (χ0v) is 15.0. The molecular weight excluding hydrogens is 382 g/mol. The average Bonchev–Trinajstić information content (AvgIpc) is 2.66. The molecule has 1 aromatic heterocycles. The number of hydrogen-bond donors (Lipinski definition) is 3. The number of benzene rings is 2. The smallest absolute Gasteiger partial charge is 0.233 e. The van der Waals surface area contributed by atoms with Gasteiger partial charge >= 0.3 is 0 Å². The van der Waals surface area contributed by atoms with Gasteiger partial charge in [0.05, 0.1) is 0 Å². The summed E-state index contributed by atoms with van der Waals surface area (Å²) in [5, 5.41) is 4.89. The molecule has 148 valence electrons. The maximum atomic E-state index is 14.2. The first-order valence-electron chi connectivity index (χ1n) is 8.43. The molecule has 0 aliphatic carbocycles. The van der Waals surface area contributed by atoms with Crippen molar-refractivity contribution >= 4 is 29.0 Å². The average molecular weight is 398 g/mol. The summed E-state index contributed by atoms with van der Waals surface area (Å²) >= 11 is 0. The van der Waals surface area contributed by atoms with Crippen LogP contribution in [-0.2, 0) is 9.59 Å². The van der Waals surface area contributed by atoms with Gasteiger partial charge < -0.3 is 21.1 Å². The summed E-state index contributed by atoms with van der Waals surface area (Å²) in [5.74, 6) is -1.92. The molecule has 9 heteroatoms. The Balaban J connectivity index is 1.56. The van der Waals surface area contributed by atoms with Crippen LogP contribution in [0.25, 0.3) is 0 Å². The number of amides is 2. The SMILES string of the molecule is Nc1cc(Oc2ccc(NC(=O)CC(=O)Nc3ccc(F)cc3)cc2F)ccn1. The molecule has 0 unspecified atom stereocenters. The van der Waals surface area contributed by atoms with E-state index in [4.69, 9.17) is 10.5 Å². The van der Waals surface area contributed by atoms with Crippen LogP contribution in [0.5, 0.6) is 11.5 Å². The van der Waals surface area contributed by atoms with Crippen LogP contribution < -0.4 is 21.1 Å². The highest BCUT2D eigenvalue weighted by Crippen LogP contribution is 2.27. The molecule has 2 aromatic carbocycles. The maximum Gasteiger partial charge on any atom is 0.233 e. The van der Waals surface area contributed by atoms with Crippen molar-refractivity contribution in [3.63, 3.8) is 0 Å². The summed E-state index contributed by atoms with van der Waals surface area (Å²) in [6.07, 6.45) is 0.932. The van der Waals surface area contributed by atoms with Gasteiger partial charge in [-0.15, -0.1) is 0 Å². The second-order valence-corrected chi connectivity index (χ2v) is 5.94. The lowest BCUT2D eigenvalue weighted by atomic mass is 10.2. The van der Waals surface area contributed by atoms with Crippen LogP contribution in [0.4, 0.5) is 26.0 Å². The molecule has 0 bridgehead atoms. The van der Waals surface area contributed by atoms with E-state index >= 15 is 0 Å². The number of carbonyl (C=O) groups is 2. The number of rotatable bonds is 6. The van der Waals surface area contributed by atoms with Crippen LogP contribution in [-0.4, -0.2) is 16.8 Å². The van der Waals surface area contributed by atoms with Crippen LogP contribution in [0.15, 0.2) is 60.8 Å². The Kier molecular flexibility index (Phi) is 5.98. The molecular formula is C20H16F2N4O3. The van der Waals surface area contributed by atoms with Crippen LogP contribution in [0, 0.1) is 11.6 Å². The summed E-state index contributed by atoms with van der Waals surface area (Å²) in [7, 11) is 0. The zero-order valence-electron chi connectivity index (χ0n) is 15.0. The monoisotopic (exact) mass is 398 g/mol. The van der Waals surface area contributed by atoms with Crippen LogP contribution in [0.3, 0.4) is 0 Å². The first kappa shape index (κ1) is 19.7. The van der Waals surface area contributed by atoms with Crippen molar-refractivity contribution in [3.8, 4) is 11.5 Å². The number of anilines is 3. The molecule has 29 heavy (non-hydrogen) atoms. The highest BCUT2D eigenvalue weighted by atomic mass is 19.1. The van der Waals surface area contributed by atoms with E-state index in [0.29, 0.717) is 11.4 Å². The van der Waals surface area contributed by atoms with Crippen molar-refractivity contribution in [1.29, 1.82) is 0 Å². The summed E-state index contributed by atoms with van der Waals surface area (Å²) in [6, 6.07) is 11.9. The maximum absolute atomic E-state index is 14.2. The van der Waals surface area contributed by atoms with Gasteiger partial charge in [-0.25, -0.2) is 13.8 Å². The third-order valence-corrected chi connectivity index (χ3v) is 3.65. The lowest BCUT2D eigenvalue weighted by molar-refractivity contribution is -0.123. The minimum absolute atomic E-state index is 0.0670. The van der Waals surface area contributed by atoms with E-state index in [1.165, 1.54) is 54.7 Å². The van der Waals surface area contributed by atoms with Crippen molar-refractivity contribution in [3.05, 3.63) is 72.4 Å². The van der Waals surface area contributed by atoms with E-state index in [1.807, 2.05) is 0 Å². The number of pyridine rings is 1. The number of halogens is 2. The van der Waals surface area contributed by atoms with Crippen LogP contribution in [0.1, 0.15) is 6.42 Å². The number of hydrogen-bond acceptors (Lipinski definition) is 5. The standard InChI is InChI=1S/C20H16F2N4O3/c21-12-1-3-13(4-2-12)25-19(27)11-20(28)26-14-5-6-17(16(22)9-14)29-15-7-8-24-18(23)10-15/h1-10H,11H2,(H2,23,24)(H,25,27)(H,26,28). The largest absolute Gasteiger partial charge is 0.454 e. The zero-order chi connectivity index (χ0) is 20.8. The summed E-state index contributed by atoms with van der Waals surface area (Å²) in [5.41, 5.74) is 6.05. The van der Waals surface area contributed by atoms with Gasteiger partial charge in [0.25, 0.3) is 0 Å². The van der Waals surface area contributed by atoms with E-state index in [-0.39, 0.29) is 17.3 Å². The Hall–Kier alpha value is -4.01. The molecule has 0 spiro atoms. The molecule has 7 nitrogen and oxygen atoms in total. The number of ether oxygens (including phenoxy) is 1. The molecule has 0 aliphatic heterocycles. The molecule has 0 radical (unpaired) electrons.